The zero-order chi connectivity index (χ0) is 9.64. The molecule has 1 aliphatic heterocycles. The lowest BCUT2D eigenvalue weighted by Crippen LogP contribution is -2.36. The predicted octanol–water partition coefficient (Wildman–Crippen LogP) is 2.19. The quantitative estimate of drug-likeness (QED) is 0.712. The lowest BCUT2D eigenvalue weighted by atomic mass is 10.2. The molecule has 1 heterocycles. The summed E-state index contributed by atoms with van der Waals surface area (Å²) >= 11 is 0. The lowest BCUT2D eigenvalue weighted by Gasteiger charge is -2.25. The van der Waals surface area contributed by atoms with Gasteiger partial charge in [-0.15, -0.1) is 0 Å². The van der Waals surface area contributed by atoms with Gasteiger partial charge >= 0.3 is 0 Å². The van der Waals surface area contributed by atoms with Gasteiger partial charge in [0.05, 0.1) is 6.54 Å². The average molecular weight is 189 g/mol. The molecule has 1 aromatic rings. The molecule has 0 saturated carbocycles. The monoisotopic (exact) mass is 189 g/mol. The molecule has 2 heteroatoms. The molecule has 1 saturated heterocycles. The van der Waals surface area contributed by atoms with Crippen molar-refractivity contribution >= 4 is 0 Å². The van der Waals surface area contributed by atoms with Crippen molar-refractivity contribution in [2.24, 2.45) is 0 Å². The third kappa shape index (κ3) is 2.82. The van der Waals surface area contributed by atoms with Crippen LogP contribution in [0.25, 0.3) is 0 Å². The molecule has 0 spiro atoms. The summed E-state index contributed by atoms with van der Waals surface area (Å²) < 4.78 is 0. The maximum Gasteiger partial charge on any atom is 0.0557 e. The first-order valence-electron chi connectivity index (χ1n) is 5.41. The zero-order valence-corrected chi connectivity index (χ0v) is 8.52. The predicted molar refractivity (Wildman–Crippen MR) is 57.7 cm³/mol. The summed E-state index contributed by atoms with van der Waals surface area (Å²) in [6, 6.07) is 10.5. The van der Waals surface area contributed by atoms with Crippen molar-refractivity contribution in [3.05, 3.63) is 35.9 Å². The number of benzene rings is 1. The van der Waals surface area contributed by atoms with Crippen molar-refractivity contribution in [1.29, 1.82) is 0 Å². The Hall–Kier alpha value is -0.860. The number of piperidine rings is 1. The van der Waals surface area contributed by atoms with Crippen LogP contribution in [0.15, 0.2) is 30.3 Å². The first kappa shape index (κ1) is 9.69. The van der Waals surface area contributed by atoms with Gasteiger partial charge in [0.25, 0.3) is 0 Å². The molecule has 1 radical (unpaired) electrons. The molecule has 0 amide bonds. The minimum Gasteiger partial charge on any atom is -0.227 e. The van der Waals surface area contributed by atoms with Gasteiger partial charge in [0, 0.05) is 13.1 Å². The fourth-order valence-corrected chi connectivity index (χ4v) is 1.78. The van der Waals surface area contributed by atoms with Crippen LogP contribution in [0.3, 0.4) is 0 Å². The smallest absolute Gasteiger partial charge is 0.0557 e. The summed E-state index contributed by atoms with van der Waals surface area (Å²) in [5.41, 5.74) is 5.89. The molecular formula is C12H17N2. The van der Waals surface area contributed by atoms with Crippen LogP contribution in [0.1, 0.15) is 24.8 Å². The van der Waals surface area contributed by atoms with Crippen LogP contribution < -0.4 is 5.43 Å². The maximum absolute atomic E-state index is 4.59. The van der Waals surface area contributed by atoms with E-state index in [-0.39, 0.29) is 0 Å². The molecule has 0 N–H and O–H groups in total. The SMILES string of the molecule is c1ccc(C[N]N2CCCCC2)cc1. The fraction of sp³-hybridized carbons (Fsp3) is 0.500. The van der Waals surface area contributed by atoms with E-state index in [1.807, 2.05) is 6.07 Å². The molecule has 0 aromatic heterocycles. The summed E-state index contributed by atoms with van der Waals surface area (Å²) in [7, 11) is 0. The lowest BCUT2D eigenvalue weighted by molar-refractivity contribution is 0.144. The first-order valence-corrected chi connectivity index (χ1v) is 5.41. The minimum atomic E-state index is 0.834. The molecule has 0 bridgehead atoms. The number of nitrogens with zero attached hydrogens (tertiary/aromatic N) is 2. The van der Waals surface area contributed by atoms with E-state index >= 15 is 0 Å². The van der Waals surface area contributed by atoms with Crippen LogP contribution in [0, 0.1) is 0 Å². The van der Waals surface area contributed by atoms with Crippen molar-refractivity contribution in [2.45, 2.75) is 25.8 Å². The second-order valence-corrected chi connectivity index (χ2v) is 3.80. The van der Waals surface area contributed by atoms with E-state index in [0.29, 0.717) is 0 Å². The standard InChI is InChI=1S/C12H17N2/c1-3-7-12(8-4-1)11-13-14-9-5-2-6-10-14/h1,3-4,7-8H,2,5-6,9-11H2. The molecule has 0 atom stereocenters. The summed E-state index contributed by atoms with van der Waals surface area (Å²) in [5, 5.41) is 2.22. The molecule has 14 heavy (non-hydrogen) atoms. The molecule has 75 valence electrons. The van der Waals surface area contributed by atoms with Gasteiger partial charge in [0.2, 0.25) is 0 Å². The molecule has 1 aromatic carbocycles. The van der Waals surface area contributed by atoms with Crippen molar-refractivity contribution < 1.29 is 0 Å². The van der Waals surface area contributed by atoms with Crippen LogP contribution in [-0.2, 0) is 6.54 Å². The van der Waals surface area contributed by atoms with Gasteiger partial charge in [-0.05, 0) is 18.4 Å². The number of rotatable bonds is 3. The van der Waals surface area contributed by atoms with Crippen molar-refractivity contribution in [3.8, 4) is 0 Å². The Kier molecular flexibility index (Phi) is 3.55. The van der Waals surface area contributed by atoms with E-state index in [0.717, 1.165) is 19.6 Å². The zero-order valence-electron chi connectivity index (χ0n) is 8.52. The Labute approximate surface area is 85.9 Å². The van der Waals surface area contributed by atoms with Crippen molar-refractivity contribution in [2.75, 3.05) is 13.1 Å². The maximum atomic E-state index is 4.59. The van der Waals surface area contributed by atoms with Crippen molar-refractivity contribution in [3.63, 3.8) is 0 Å². The fourth-order valence-electron chi connectivity index (χ4n) is 1.78. The van der Waals surface area contributed by atoms with Gasteiger partial charge in [-0.2, -0.15) is 5.43 Å². The van der Waals surface area contributed by atoms with Crippen LogP contribution in [0.5, 0.6) is 0 Å². The molecular weight excluding hydrogens is 172 g/mol. The van der Waals surface area contributed by atoms with Gasteiger partial charge in [-0.25, -0.2) is 5.01 Å². The van der Waals surface area contributed by atoms with E-state index < -0.39 is 0 Å². The Morgan fingerprint density at radius 1 is 1.00 bits per heavy atom. The highest BCUT2D eigenvalue weighted by atomic mass is 15.5. The average Bonchev–Trinajstić information content (AvgIpc) is 2.29. The van der Waals surface area contributed by atoms with Gasteiger partial charge in [0.1, 0.15) is 0 Å². The summed E-state index contributed by atoms with van der Waals surface area (Å²) in [5.74, 6) is 0. The highest BCUT2D eigenvalue weighted by molar-refractivity contribution is 5.13. The minimum absolute atomic E-state index is 0.834. The van der Waals surface area contributed by atoms with Crippen LogP contribution >= 0.6 is 0 Å². The number of hydrogen-bond acceptors (Lipinski definition) is 1. The topological polar surface area (TPSA) is 17.3 Å². The summed E-state index contributed by atoms with van der Waals surface area (Å²) in [4.78, 5) is 0. The highest BCUT2D eigenvalue weighted by Crippen LogP contribution is 2.07. The first-order chi connectivity index (χ1) is 6.95. The third-order valence-corrected chi connectivity index (χ3v) is 2.63. The largest absolute Gasteiger partial charge is 0.227 e. The van der Waals surface area contributed by atoms with Crippen LogP contribution in [-0.4, -0.2) is 18.1 Å². The van der Waals surface area contributed by atoms with Gasteiger partial charge in [-0.1, -0.05) is 36.8 Å². The highest BCUT2D eigenvalue weighted by Gasteiger charge is 2.09. The number of hydrogen-bond donors (Lipinski definition) is 0. The van der Waals surface area contributed by atoms with E-state index in [9.17, 15) is 0 Å². The van der Waals surface area contributed by atoms with Gasteiger partial charge in [-0.3, -0.25) is 0 Å². The van der Waals surface area contributed by atoms with Crippen LogP contribution in [0.4, 0.5) is 0 Å². The second kappa shape index (κ2) is 5.13. The summed E-state index contributed by atoms with van der Waals surface area (Å²) in [6.07, 6.45) is 3.98. The molecule has 0 aliphatic carbocycles. The Morgan fingerprint density at radius 3 is 2.43 bits per heavy atom. The van der Waals surface area contributed by atoms with Gasteiger partial charge in [0.15, 0.2) is 0 Å². The summed E-state index contributed by atoms with van der Waals surface area (Å²) in [6.45, 7) is 3.13. The van der Waals surface area contributed by atoms with E-state index in [2.05, 4.69) is 34.7 Å². The molecule has 0 unspecified atom stereocenters. The Balaban J connectivity index is 1.76. The Morgan fingerprint density at radius 2 is 1.71 bits per heavy atom. The molecule has 2 rings (SSSR count). The van der Waals surface area contributed by atoms with E-state index in [4.69, 9.17) is 0 Å². The van der Waals surface area contributed by atoms with E-state index in [1.165, 1.54) is 24.8 Å². The van der Waals surface area contributed by atoms with Gasteiger partial charge < -0.3 is 0 Å². The van der Waals surface area contributed by atoms with E-state index in [1.54, 1.807) is 0 Å². The third-order valence-electron chi connectivity index (χ3n) is 2.63. The molecule has 1 aliphatic rings. The normalized spacial score (nSPS) is 18.3. The molecule has 2 nitrogen and oxygen atoms in total. The van der Waals surface area contributed by atoms with Crippen LogP contribution in [0.2, 0.25) is 0 Å². The molecule has 1 fully saturated rings. The van der Waals surface area contributed by atoms with Crippen molar-refractivity contribution in [1.82, 2.24) is 10.4 Å². The second-order valence-electron chi connectivity index (χ2n) is 3.80. The Bertz CT molecular complexity index is 252.